The van der Waals surface area contributed by atoms with Crippen molar-refractivity contribution < 1.29 is 17.9 Å². The maximum atomic E-state index is 12.2. The number of anilines is 1. The highest BCUT2D eigenvalue weighted by Crippen LogP contribution is 2.21. The Labute approximate surface area is 180 Å². The van der Waals surface area contributed by atoms with Crippen molar-refractivity contribution in [3.8, 4) is 5.75 Å². The van der Waals surface area contributed by atoms with Crippen LogP contribution in [-0.2, 0) is 14.8 Å². The lowest BCUT2D eigenvalue weighted by Crippen LogP contribution is -2.39. The van der Waals surface area contributed by atoms with E-state index in [2.05, 4.69) is 49.0 Å². The summed E-state index contributed by atoms with van der Waals surface area (Å²) in [6, 6.07) is 12.2. The first-order valence-corrected chi connectivity index (χ1v) is 11.3. The molecule has 0 aliphatic carbocycles. The van der Waals surface area contributed by atoms with Gasteiger partial charge in [-0.2, -0.15) is 5.10 Å². The number of hydrogen-bond acceptors (Lipinski definition) is 5. The standard InChI is InChI=1S/C17H17BrIN3O4S/c1-26-16-8-3-13(18)9-12(16)10-20-21-17(23)11-22(27(2,24)25)15-6-4-14(19)5-7-15/h3-10H,11H2,1-2H3,(H,21,23)/b20-10-. The predicted molar refractivity (Wildman–Crippen MR) is 118 cm³/mol. The van der Waals surface area contributed by atoms with E-state index >= 15 is 0 Å². The third-order valence-electron chi connectivity index (χ3n) is 3.39. The monoisotopic (exact) mass is 565 g/mol. The van der Waals surface area contributed by atoms with Gasteiger partial charge in [-0.25, -0.2) is 13.8 Å². The summed E-state index contributed by atoms with van der Waals surface area (Å²) in [5.74, 6) is 0.0250. The molecule has 0 fully saturated rings. The van der Waals surface area contributed by atoms with Gasteiger partial charge in [0, 0.05) is 13.6 Å². The molecule has 0 aliphatic heterocycles. The maximum absolute atomic E-state index is 12.2. The Kier molecular flexibility index (Phi) is 7.62. The molecule has 27 heavy (non-hydrogen) atoms. The van der Waals surface area contributed by atoms with Crippen LogP contribution in [0.4, 0.5) is 5.69 Å². The quantitative estimate of drug-likeness (QED) is 0.318. The number of benzene rings is 2. The number of hydrazone groups is 1. The summed E-state index contributed by atoms with van der Waals surface area (Å²) in [5.41, 5.74) is 3.40. The van der Waals surface area contributed by atoms with Crippen molar-refractivity contribution in [2.75, 3.05) is 24.2 Å². The normalized spacial score (nSPS) is 11.4. The van der Waals surface area contributed by atoms with E-state index in [1.54, 1.807) is 36.4 Å². The number of methoxy groups -OCH3 is 1. The van der Waals surface area contributed by atoms with E-state index in [1.165, 1.54) is 13.3 Å². The Morgan fingerprint density at radius 1 is 1.30 bits per heavy atom. The molecule has 0 aromatic heterocycles. The van der Waals surface area contributed by atoms with Gasteiger partial charge in [-0.05, 0) is 65.1 Å². The molecule has 2 aromatic rings. The number of amides is 1. The fourth-order valence-electron chi connectivity index (χ4n) is 2.15. The lowest BCUT2D eigenvalue weighted by Gasteiger charge is -2.21. The van der Waals surface area contributed by atoms with Crippen LogP contribution in [0.15, 0.2) is 52.0 Å². The highest BCUT2D eigenvalue weighted by atomic mass is 127. The predicted octanol–water partition coefficient (Wildman–Crippen LogP) is 2.98. The Morgan fingerprint density at radius 3 is 2.56 bits per heavy atom. The second kappa shape index (κ2) is 9.51. The molecule has 0 saturated heterocycles. The minimum atomic E-state index is -3.63. The molecular weight excluding hydrogens is 549 g/mol. The van der Waals surface area contributed by atoms with Gasteiger partial charge in [-0.3, -0.25) is 9.10 Å². The highest BCUT2D eigenvalue weighted by Gasteiger charge is 2.20. The fraction of sp³-hybridized carbons (Fsp3) is 0.176. The second-order valence-electron chi connectivity index (χ2n) is 5.43. The van der Waals surface area contributed by atoms with E-state index in [1.807, 2.05) is 6.07 Å². The lowest BCUT2D eigenvalue weighted by molar-refractivity contribution is -0.119. The molecule has 7 nitrogen and oxygen atoms in total. The van der Waals surface area contributed by atoms with Gasteiger partial charge in [0.05, 0.1) is 25.3 Å². The van der Waals surface area contributed by atoms with Gasteiger partial charge < -0.3 is 4.74 Å². The summed E-state index contributed by atoms with van der Waals surface area (Å²) in [6.45, 7) is -0.383. The van der Waals surface area contributed by atoms with Gasteiger partial charge in [0.2, 0.25) is 10.0 Å². The first-order valence-electron chi connectivity index (χ1n) is 7.59. The zero-order chi connectivity index (χ0) is 20.0. The van der Waals surface area contributed by atoms with Crippen molar-refractivity contribution in [1.29, 1.82) is 0 Å². The van der Waals surface area contributed by atoms with Crippen LogP contribution < -0.4 is 14.5 Å². The average molecular weight is 566 g/mol. The van der Waals surface area contributed by atoms with Crippen LogP contribution >= 0.6 is 38.5 Å². The van der Waals surface area contributed by atoms with Crippen molar-refractivity contribution in [3.05, 3.63) is 56.1 Å². The van der Waals surface area contributed by atoms with Crippen LogP contribution in [-0.4, -0.2) is 40.4 Å². The Morgan fingerprint density at radius 2 is 1.96 bits per heavy atom. The molecule has 0 unspecified atom stereocenters. The van der Waals surface area contributed by atoms with Crippen LogP contribution in [0.3, 0.4) is 0 Å². The van der Waals surface area contributed by atoms with Crippen molar-refractivity contribution in [2.45, 2.75) is 0 Å². The van der Waals surface area contributed by atoms with E-state index in [9.17, 15) is 13.2 Å². The molecule has 0 aliphatic rings. The molecule has 144 valence electrons. The van der Waals surface area contributed by atoms with E-state index in [-0.39, 0.29) is 6.54 Å². The molecule has 2 aromatic carbocycles. The smallest absolute Gasteiger partial charge is 0.260 e. The van der Waals surface area contributed by atoms with Gasteiger partial charge in [0.15, 0.2) is 0 Å². The summed E-state index contributed by atoms with van der Waals surface area (Å²) >= 11 is 5.47. The summed E-state index contributed by atoms with van der Waals surface area (Å²) in [4.78, 5) is 12.2. The lowest BCUT2D eigenvalue weighted by atomic mass is 10.2. The SMILES string of the molecule is COc1ccc(Br)cc1/C=N\NC(=O)CN(c1ccc(I)cc1)S(C)(=O)=O. The number of carbonyl (C=O) groups excluding carboxylic acids is 1. The number of halogens is 2. The summed E-state index contributed by atoms with van der Waals surface area (Å²) in [7, 11) is -2.10. The molecule has 1 N–H and O–H groups in total. The van der Waals surface area contributed by atoms with Crippen LogP contribution in [0.25, 0.3) is 0 Å². The Balaban J connectivity index is 2.10. The van der Waals surface area contributed by atoms with Gasteiger partial charge in [-0.15, -0.1) is 0 Å². The molecule has 10 heteroatoms. The minimum absolute atomic E-state index is 0.383. The minimum Gasteiger partial charge on any atom is -0.496 e. The third kappa shape index (κ3) is 6.47. The fourth-order valence-corrected chi connectivity index (χ4v) is 3.75. The third-order valence-corrected chi connectivity index (χ3v) is 5.74. The molecule has 0 atom stereocenters. The van der Waals surface area contributed by atoms with Crippen molar-refractivity contribution in [1.82, 2.24) is 5.43 Å². The summed E-state index contributed by atoms with van der Waals surface area (Å²) in [5, 5.41) is 3.89. The number of nitrogens with zero attached hydrogens (tertiary/aromatic N) is 2. The number of nitrogens with one attached hydrogen (secondary N) is 1. The molecule has 0 spiro atoms. The molecule has 0 saturated carbocycles. The average Bonchev–Trinajstić information content (AvgIpc) is 2.60. The van der Waals surface area contributed by atoms with Crippen molar-refractivity contribution in [2.24, 2.45) is 5.10 Å². The van der Waals surface area contributed by atoms with Crippen molar-refractivity contribution >= 4 is 66.4 Å². The first kappa shape index (κ1) is 21.6. The van der Waals surface area contributed by atoms with E-state index in [0.717, 1.165) is 18.6 Å². The number of hydrogen-bond donors (Lipinski definition) is 1. The van der Waals surface area contributed by atoms with Crippen LogP contribution in [0, 0.1) is 3.57 Å². The topological polar surface area (TPSA) is 88.1 Å². The largest absolute Gasteiger partial charge is 0.496 e. The van der Waals surface area contributed by atoms with Crippen molar-refractivity contribution in [3.63, 3.8) is 0 Å². The molecule has 1 amide bonds. The number of carbonyl (C=O) groups is 1. The number of rotatable bonds is 7. The maximum Gasteiger partial charge on any atom is 0.260 e. The second-order valence-corrected chi connectivity index (χ2v) is 9.49. The molecule has 0 bridgehead atoms. The summed E-state index contributed by atoms with van der Waals surface area (Å²) in [6.07, 6.45) is 2.48. The van der Waals surface area contributed by atoms with E-state index in [4.69, 9.17) is 4.74 Å². The zero-order valence-electron chi connectivity index (χ0n) is 14.5. The van der Waals surface area contributed by atoms with Gasteiger partial charge in [-0.1, -0.05) is 15.9 Å². The molecular formula is C17H17BrIN3O4S. The van der Waals surface area contributed by atoms with Crippen LogP contribution in [0.5, 0.6) is 5.75 Å². The zero-order valence-corrected chi connectivity index (χ0v) is 19.1. The first-order chi connectivity index (χ1) is 12.7. The van der Waals surface area contributed by atoms with Gasteiger partial charge in [0.25, 0.3) is 5.91 Å². The molecule has 0 heterocycles. The van der Waals surface area contributed by atoms with Crippen LogP contribution in [0.2, 0.25) is 0 Å². The number of sulfonamides is 1. The number of ether oxygens (including phenoxy) is 1. The highest BCUT2D eigenvalue weighted by molar-refractivity contribution is 14.1. The van der Waals surface area contributed by atoms with Crippen LogP contribution in [0.1, 0.15) is 5.56 Å². The van der Waals surface area contributed by atoms with Gasteiger partial charge in [0.1, 0.15) is 12.3 Å². The van der Waals surface area contributed by atoms with Gasteiger partial charge >= 0.3 is 0 Å². The molecule has 0 radical (unpaired) electrons. The molecule has 2 rings (SSSR count). The Hall–Kier alpha value is -1.66. The van der Waals surface area contributed by atoms with E-state index in [0.29, 0.717) is 17.0 Å². The summed E-state index contributed by atoms with van der Waals surface area (Å²) < 4.78 is 32.1. The van der Waals surface area contributed by atoms with E-state index < -0.39 is 15.9 Å². The Bertz CT molecular complexity index is 949.